The minimum atomic E-state index is 0.320. The lowest BCUT2D eigenvalue weighted by molar-refractivity contribution is 0.354. The number of nitrogens with one attached hydrogen (secondary N) is 1. The van der Waals surface area contributed by atoms with Crippen LogP contribution in [0.5, 0.6) is 0 Å². The Morgan fingerprint density at radius 2 is 0.923 bits per heavy atom. The van der Waals surface area contributed by atoms with Crippen LogP contribution in [0, 0.1) is 0 Å². The highest BCUT2D eigenvalue weighted by Crippen LogP contribution is 2.26. The van der Waals surface area contributed by atoms with Crippen molar-refractivity contribution in [1.29, 1.82) is 0 Å². The number of benzene rings is 3. The minimum Gasteiger partial charge on any atom is -0.303 e. The molecule has 1 fully saturated rings. The van der Waals surface area contributed by atoms with Crippen molar-refractivity contribution < 1.29 is 0 Å². The molecule has 0 heterocycles. The van der Waals surface area contributed by atoms with Gasteiger partial charge in [0, 0.05) is 6.04 Å². The van der Waals surface area contributed by atoms with Crippen molar-refractivity contribution in [2.24, 2.45) is 0 Å². The van der Waals surface area contributed by atoms with Gasteiger partial charge in [-0.3, -0.25) is 0 Å². The first-order chi connectivity index (χ1) is 12.9. The molecule has 0 atom stereocenters. The second-order valence-electron chi connectivity index (χ2n) is 6.91. The van der Waals surface area contributed by atoms with E-state index in [9.17, 15) is 0 Å². The van der Waals surface area contributed by atoms with Gasteiger partial charge in [-0.2, -0.15) is 0 Å². The highest BCUT2D eigenvalue weighted by Gasteiger charge is 2.20. The Bertz CT molecular complexity index is 637. The lowest BCUT2D eigenvalue weighted by Gasteiger charge is -2.29. The van der Waals surface area contributed by atoms with Crippen LogP contribution in [-0.2, 0) is 0 Å². The zero-order chi connectivity index (χ0) is 17.9. The van der Waals surface area contributed by atoms with E-state index in [0.29, 0.717) is 12.1 Å². The van der Waals surface area contributed by atoms with Gasteiger partial charge in [0.1, 0.15) is 0 Å². The Kier molecular flexibility index (Phi) is 7.49. The van der Waals surface area contributed by atoms with Crippen molar-refractivity contribution in [3.8, 4) is 0 Å². The van der Waals surface area contributed by atoms with Gasteiger partial charge in [0.25, 0.3) is 0 Å². The van der Waals surface area contributed by atoms with E-state index in [1.807, 2.05) is 36.4 Å². The molecule has 1 saturated carbocycles. The molecule has 1 aliphatic rings. The molecule has 0 bridgehead atoms. The van der Waals surface area contributed by atoms with Gasteiger partial charge >= 0.3 is 0 Å². The van der Waals surface area contributed by atoms with E-state index < -0.39 is 0 Å². The quantitative estimate of drug-likeness (QED) is 0.579. The third-order valence-electron chi connectivity index (χ3n) is 4.94. The molecule has 0 spiro atoms. The van der Waals surface area contributed by atoms with Crippen LogP contribution >= 0.6 is 0 Å². The zero-order valence-electron chi connectivity index (χ0n) is 15.4. The van der Waals surface area contributed by atoms with Crippen molar-refractivity contribution in [2.45, 2.75) is 44.2 Å². The summed E-state index contributed by atoms with van der Waals surface area (Å²) in [6, 6.07) is 34.6. The molecule has 26 heavy (non-hydrogen) atoms. The summed E-state index contributed by atoms with van der Waals surface area (Å²) in [4.78, 5) is 0. The summed E-state index contributed by atoms with van der Waals surface area (Å²) in [6.07, 6.45) is 6.77. The molecular weight excluding hydrogens is 314 g/mol. The Balaban J connectivity index is 0.000000278. The molecule has 0 aromatic heterocycles. The predicted octanol–water partition coefficient (Wildman–Crippen LogP) is 6.38. The highest BCUT2D eigenvalue weighted by molar-refractivity contribution is 5.31. The molecule has 0 radical (unpaired) electrons. The van der Waals surface area contributed by atoms with E-state index in [0.717, 1.165) is 0 Å². The van der Waals surface area contributed by atoms with Crippen molar-refractivity contribution in [3.05, 3.63) is 108 Å². The molecule has 1 N–H and O–H groups in total. The fourth-order valence-corrected chi connectivity index (χ4v) is 3.57. The van der Waals surface area contributed by atoms with E-state index in [-0.39, 0.29) is 0 Å². The predicted molar refractivity (Wildman–Crippen MR) is 111 cm³/mol. The van der Waals surface area contributed by atoms with E-state index in [4.69, 9.17) is 0 Å². The van der Waals surface area contributed by atoms with Crippen LogP contribution in [0.2, 0.25) is 0 Å². The van der Waals surface area contributed by atoms with Crippen LogP contribution in [0.25, 0.3) is 0 Å². The Labute approximate surface area is 158 Å². The van der Waals surface area contributed by atoms with Gasteiger partial charge in [-0.15, -0.1) is 0 Å². The normalized spacial score (nSPS) is 14.5. The molecule has 134 valence electrons. The molecule has 3 aromatic rings. The maximum absolute atomic E-state index is 3.89. The van der Waals surface area contributed by atoms with Crippen LogP contribution in [-0.4, -0.2) is 6.04 Å². The topological polar surface area (TPSA) is 12.0 Å². The molecule has 4 rings (SSSR count). The average Bonchev–Trinajstić information content (AvgIpc) is 2.76. The molecule has 0 amide bonds. The zero-order valence-corrected chi connectivity index (χ0v) is 15.4. The Hall–Kier alpha value is -2.38. The fraction of sp³-hybridized carbons (Fsp3) is 0.280. The maximum atomic E-state index is 3.89. The van der Waals surface area contributed by atoms with Gasteiger partial charge in [-0.25, -0.2) is 0 Å². The van der Waals surface area contributed by atoms with Gasteiger partial charge in [-0.1, -0.05) is 116 Å². The van der Waals surface area contributed by atoms with E-state index in [1.165, 1.54) is 43.2 Å². The lowest BCUT2D eigenvalue weighted by atomic mass is 9.92. The molecule has 3 aromatic carbocycles. The van der Waals surface area contributed by atoms with Gasteiger partial charge < -0.3 is 5.32 Å². The summed E-state index contributed by atoms with van der Waals surface area (Å²) in [7, 11) is 0. The second-order valence-corrected chi connectivity index (χ2v) is 6.91. The van der Waals surface area contributed by atoms with Crippen LogP contribution in [0.15, 0.2) is 97.1 Å². The lowest BCUT2D eigenvalue weighted by Crippen LogP contribution is -2.35. The molecule has 1 nitrogen and oxygen atoms in total. The molecule has 0 saturated heterocycles. The van der Waals surface area contributed by atoms with Gasteiger partial charge in [-0.05, 0) is 24.0 Å². The first-order valence-electron chi connectivity index (χ1n) is 9.79. The number of rotatable bonds is 4. The third kappa shape index (κ3) is 5.86. The SMILES string of the molecule is c1ccc(C(NC2CCCCC2)c2ccccc2)cc1.c1ccccc1. The van der Waals surface area contributed by atoms with E-state index >= 15 is 0 Å². The van der Waals surface area contributed by atoms with Gasteiger partial charge in [0.2, 0.25) is 0 Å². The Morgan fingerprint density at radius 3 is 1.35 bits per heavy atom. The van der Waals surface area contributed by atoms with Crippen LogP contribution in [0.3, 0.4) is 0 Å². The molecule has 0 aliphatic heterocycles. The minimum absolute atomic E-state index is 0.320. The van der Waals surface area contributed by atoms with Crippen molar-refractivity contribution in [3.63, 3.8) is 0 Å². The summed E-state index contributed by atoms with van der Waals surface area (Å²) in [5.41, 5.74) is 2.73. The summed E-state index contributed by atoms with van der Waals surface area (Å²) in [5, 5.41) is 3.89. The van der Waals surface area contributed by atoms with Crippen molar-refractivity contribution in [2.75, 3.05) is 0 Å². The maximum Gasteiger partial charge on any atom is 0.0578 e. The van der Waals surface area contributed by atoms with Crippen LogP contribution < -0.4 is 5.32 Å². The van der Waals surface area contributed by atoms with Crippen molar-refractivity contribution in [1.82, 2.24) is 5.32 Å². The summed E-state index contributed by atoms with van der Waals surface area (Å²) < 4.78 is 0. The second kappa shape index (κ2) is 10.6. The van der Waals surface area contributed by atoms with E-state index in [1.54, 1.807) is 0 Å². The van der Waals surface area contributed by atoms with Gasteiger partial charge in [0.15, 0.2) is 0 Å². The number of hydrogen-bond acceptors (Lipinski definition) is 1. The molecule has 0 unspecified atom stereocenters. The smallest absolute Gasteiger partial charge is 0.0578 e. The first kappa shape index (κ1) is 18.4. The average molecular weight is 344 g/mol. The standard InChI is InChI=1S/C19H23N.C6H6/c1-4-10-16(11-5-1)19(17-12-6-2-7-13-17)20-18-14-8-3-9-15-18;1-2-4-6-5-3-1/h1-2,4-7,10-13,18-20H,3,8-9,14-15H2;1-6H. The largest absolute Gasteiger partial charge is 0.303 e. The summed E-state index contributed by atoms with van der Waals surface area (Å²) >= 11 is 0. The van der Waals surface area contributed by atoms with Gasteiger partial charge in [0.05, 0.1) is 6.04 Å². The third-order valence-corrected chi connectivity index (χ3v) is 4.94. The first-order valence-corrected chi connectivity index (χ1v) is 9.79. The summed E-state index contributed by atoms with van der Waals surface area (Å²) in [5.74, 6) is 0. The molecular formula is C25H29N. The monoisotopic (exact) mass is 343 g/mol. The van der Waals surface area contributed by atoms with Crippen LogP contribution in [0.4, 0.5) is 0 Å². The Morgan fingerprint density at radius 1 is 0.538 bits per heavy atom. The van der Waals surface area contributed by atoms with E-state index in [2.05, 4.69) is 66.0 Å². The van der Waals surface area contributed by atoms with Crippen LogP contribution in [0.1, 0.15) is 49.3 Å². The van der Waals surface area contributed by atoms with Crippen molar-refractivity contribution >= 4 is 0 Å². The summed E-state index contributed by atoms with van der Waals surface area (Å²) in [6.45, 7) is 0. The molecule has 1 heteroatoms. The fourth-order valence-electron chi connectivity index (χ4n) is 3.57. The number of hydrogen-bond donors (Lipinski definition) is 1. The highest BCUT2D eigenvalue weighted by atomic mass is 15.0. The molecule has 1 aliphatic carbocycles.